The van der Waals surface area contributed by atoms with Gasteiger partial charge in [-0.15, -0.1) is 0 Å². The van der Waals surface area contributed by atoms with Crippen LogP contribution in [0.15, 0.2) is 0 Å². The first-order chi connectivity index (χ1) is 10.0. The van der Waals surface area contributed by atoms with Crippen LogP contribution in [0.25, 0.3) is 0 Å². The van der Waals surface area contributed by atoms with Crippen LogP contribution >= 0.6 is 0 Å². The van der Waals surface area contributed by atoms with Gasteiger partial charge in [0.2, 0.25) is 0 Å². The Hall–Kier alpha value is 1.19. The van der Waals surface area contributed by atoms with Crippen LogP contribution in [0, 0.1) is 88.0 Å². The summed E-state index contributed by atoms with van der Waals surface area (Å²) < 4.78 is 0. The van der Waals surface area contributed by atoms with E-state index in [2.05, 4.69) is 44.9 Å². The van der Waals surface area contributed by atoms with Crippen LogP contribution in [0.2, 0.25) is 0 Å². The predicted molar refractivity (Wildman–Crippen MR) is 96.5 cm³/mol. The van der Waals surface area contributed by atoms with Gasteiger partial charge >= 0.3 is 0 Å². The third kappa shape index (κ3) is 19.2. The second-order valence-corrected chi connectivity index (χ2v) is 5.74. The van der Waals surface area contributed by atoms with E-state index in [-0.39, 0.29) is 43.0 Å². The summed E-state index contributed by atoms with van der Waals surface area (Å²) in [6, 6.07) is 0. The zero-order valence-electron chi connectivity index (χ0n) is 14.8. The molecule has 22 heavy (non-hydrogen) atoms. The quantitative estimate of drug-likeness (QED) is 0.367. The zero-order chi connectivity index (χ0) is 14.1. The van der Waals surface area contributed by atoms with Gasteiger partial charge in [0.1, 0.15) is 0 Å². The maximum Gasteiger partial charge on any atom is 0 e. The Kier molecular flexibility index (Phi) is 25.7. The molecule has 131 valence electrons. The van der Waals surface area contributed by atoms with Crippen LogP contribution in [-0.2, 0) is 0 Å². The van der Waals surface area contributed by atoms with Gasteiger partial charge in [0.25, 0.3) is 0 Å². The fourth-order valence-electron chi connectivity index (χ4n) is 2.49. The molecule has 0 saturated heterocycles. The molecule has 0 atom stereocenters. The van der Waals surface area contributed by atoms with Crippen molar-refractivity contribution in [1.82, 2.24) is 0 Å². The summed E-state index contributed by atoms with van der Waals surface area (Å²) in [5, 5.41) is 0. The first kappa shape index (κ1) is 25.4. The van der Waals surface area contributed by atoms with Gasteiger partial charge in [0, 0.05) is 35.6 Å². The predicted octanol–water partition coefficient (Wildman–Crippen LogP) is 6.95. The minimum atomic E-state index is 0. The molecule has 1 radical (unpaired) electrons. The molecular weight excluding hydrogens is 391 g/mol. The van der Waals surface area contributed by atoms with Gasteiger partial charge in [0.05, 0.1) is 0 Å². The largest absolute Gasteiger partial charge is 0.360 e. The van der Waals surface area contributed by atoms with E-state index in [4.69, 9.17) is 0 Å². The summed E-state index contributed by atoms with van der Waals surface area (Å²) in [7, 11) is 0. The summed E-state index contributed by atoms with van der Waals surface area (Å²) in [5.41, 5.74) is 0. The Bertz CT molecular complexity index is 92.3. The van der Waals surface area contributed by atoms with Gasteiger partial charge in [-0.25, -0.2) is 38.5 Å². The molecule has 1 fully saturated rings. The standard InChI is InChI=1S/C20H33.CH3.La/c1-2-4-6-8-10-12-14-16-18-20-19-17-15-13-11-9-7-5-3-1;;/h1,4,7,10-11,16,20H,2-3,5-6,8-9,12-15,17-19H2;1H3;/q-7;-1;. The van der Waals surface area contributed by atoms with Crippen molar-refractivity contribution in [2.45, 2.75) is 83.5 Å². The minimum absolute atomic E-state index is 0. The summed E-state index contributed by atoms with van der Waals surface area (Å²) >= 11 is 0. The van der Waals surface area contributed by atoms with E-state index in [0.29, 0.717) is 0 Å². The minimum Gasteiger partial charge on any atom is -0.360 e. The third-order valence-corrected chi connectivity index (χ3v) is 3.79. The SMILES string of the molecule is [CH-]1C[CH-]CC[CH-]CC[CH-]C[CH-]CCCC[CH-]C[CH-]CC1.[CH3-].[La]. The maximum atomic E-state index is 2.45. The van der Waals surface area contributed by atoms with E-state index in [1.54, 1.807) is 0 Å². The molecule has 0 aromatic heterocycles. The smallest absolute Gasteiger partial charge is 0 e. The van der Waals surface area contributed by atoms with Crippen molar-refractivity contribution in [2.75, 3.05) is 0 Å². The van der Waals surface area contributed by atoms with Gasteiger partial charge in [-0.2, -0.15) is 12.8 Å². The van der Waals surface area contributed by atoms with E-state index >= 15 is 0 Å². The van der Waals surface area contributed by atoms with E-state index in [9.17, 15) is 0 Å². The average Bonchev–Trinajstić information content (AvgIpc) is 2.46. The molecule has 0 spiro atoms. The normalized spacial score (nSPS) is 21.8. The molecule has 1 saturated carbocycles. The van der Waals surface area contributed by atoms with E-state index in [0.717, 1.165) is 0 Å². The monoisotopic (exact) mass is 427 g/mol. The average molecular weight is 427 g/mol. The van der Waals surface area contributed by atoms with Crippen molar-refractivity contribution in [3.63, 3.8) is 0 Å². The summed E-state index contributed by atoms with van der Waals surface area (Å²) in [5.74, 6) is 0. The summed E-state index contributed by atoms with van der Waals surface area (Å²) in [4.78, 5) is 0. The number of hydrogen-bond donors (Lipinski definition) is 0. The van der Waals surface area contributed by atoms with Crippen LogP contribution in [0.5, 0.6) is 0 Å². The van der Waals surface area contributed by atoms with E-state index in [1.165, 1.54) is 83.5 Å². The molecule has 0 unspecified atom stereocenters. The molecule has 1 rings (SSSR count). The molecule has 0 amide bonds. The maximum absolute atomic E-state index is 2.45. The van der Waals surface area contributed by atoms with Gasteiger partial charge < -0.3 is 71.6 Å². The molecule has 0 nitrogen and oxygen atoms in total. The zero-order valence-corrected chi connectivity index (χ0v) is 18.4. The van der Waals surface area contributed by atoms with Crippen LogP contribution in [0.4, 0.5) is 0 Å². The topological polar surface area (TPSA) is 0 Å². The fraction of sp³-hybridized carbons (Fsp3) is 0.619. The molecule has 0 heterocycles. The van der Waals surface area contributed by atoms with Crippen molar-refractivity contribution in [3.8, 4) is 0 Å². The molecule has 1 heteroatoms. The van der Waals surface area contributed by atoms with Gasteiger partial charge in [-0.3, -0.25) is 0 Å². The molecule has 1 aliphatic rings. The van der Waals surface area contributed by atoms with Crippen LogP contribution in [0.1, 0.15) is 83.5 Å². The first-order valence-electron chi connectivity index (χ1n) is 8.72. The van der Waals surface area contributed by atoms with Crippen LogP contribution < -0.4 is 0 Å². The van der Waals surface area contributed by atoms with Crippen molar-refractivity contribution in [2.24, 2.45) is 0 Å². The second-order valence-electron chi connectivity index (χ2n) is 5.74. The summed E-state index contributed by atoms with van der Waals surface area (Å²) in [6.07, 6.45) is 33.5. The Morgan fingerprint density at radius 1 is 0.364 bits per heavy atom. The molecule has 0 aliphatic heterocycles. The van der Waals surface area contributed by atoms with Crippen LogP contribution in [0.3, 0.4) is 0 Å². The Balaban J connectivity index is 0. The van der Waals surface area contributed by atoms with Crippen molar-refractivity contribution in [1.29, 1.82) is 0 Å². The van der Waals surface area contributed by atoms with Crippen molar-refractivity contribution in [3.05, 3.63) is 52.4 Å². The van der Waals surface area contributed by atoms with Gasteiger partial charge in [-0.1, -0.05) is 12.8 Å². The Morgan fingerprint density at radius 3 is 1.00 bits per heavy atom. The fourth-order valence-corrected chi connectivity index (χ4v) is 2.49. The Labute approximate surface area is 170 Å². The summed E-state index contributed by atoms with van der Waals surface area (Å²) in [6.45, 7) is 0. The molecule has 0 aromatic rings. The van der Waals surface area contributed by atoms with Crippen LogP contribution in [-0.4, -0.2) is 0 Å². The second kappa shape index (κ2) is 22.2. The van der Waals surface area contributed by atoms with Gasteiger partial charge in [-0.05, 0) is 0 Å². The van der Waals surface area contributed by atoms with E-state index < -0.39 is 0 Å². The van der Waals surface area contributed by atoms with Gasteiger partial charge in [0.15, 0.2) is 0 Å². The van der Waals surface area contributed by atoms with Crippen molar-refractivity contribution >= 4 is 0 Å². The molecule has 0 bridgehead atoms. The molecule has 1 aliphatic carbocycles. The molecular formula is C21H36La-8. The first-order valence-corrected chi connectivity index (χ1v) is 8.72. The third-order valence-electron chi connectivity index (χ3n) is 3.79. The number of rotatable bonds is 0. The van der Waals surface area contributed by atoms with E-state index in [1.807, 2.05) is 0 Å². The Morgan fingerprint density at radius 2 is 0.636 bits per heavy atom. The molecule has 0 N–H and O–H groups in total. The number of hydrogen-bond acceptors (Lipinski definition) is 0. The van der Waals surface area contributed by atoms with Crippen molar-refractivity contribution < 1.29 is 35.6 Å². The molecule has 0 aromatic carbocycles.